The fourth-order valence-corrected chi connectivity index (χ4v) is 1.72. The molecular formula is C12H15F3N2S. The molecule has 0 saturated heterocycles. The molecule has 0 aliphatic carbocycles. The lowest BCUT2D eigenvalue weighted by atomic mass is 10.1. The van der Waals surface area contributed by atoms with E-state index in [1.54, 1.807) is 38.1 Å². The van der Waals surface area contributed by atoms with Crippen LogP contribution >= 0.6 is 12.2 Å². The maximum atomic E-state index is 12.5. The Hall–Kier alpha value is -1.30. The monoisotopic (exact) mass is 276 g/mol. The van der Waals surface area contributed by atoms with Gasteiger partial charge in [0.1, 0.15) is 11.5 Å². The Labute approximate surface area is 110 Å². The summed E-state index contributed by atoms with van der Waals surface area (Å²) in [6, 6.07) is 6.20. The first-order chi connectivity index (χ1) is 8.20. The molecule has 0 aliphatic heterocycles. The van der Waals surface area contributed by atoms with Gasteiger partial charge in [0.2, 0.25) is 0 Å². The molecule has 0 fully saturated rings. The molecule has 1 aromatic carbocycles. The van der Waals surface area contributed by atoms with Crippen molar-refractivity contribution in [1.29, 1.82) is 0 Å². The number of rotatable bonds is 4. The van der Waals surface area contributed by atoms with E-state index >= 15 is 0 Å². The zero-order valence-electron chi connectivity index (χ0n) is 10.2. The molecule has 1 aromatic rings. The third-order valence-electron chi connectivity index (χ3n) is 2.46. The highest BCUT2D eigenvalue weighted by Crippen LogP contribution is 2.24. The Morgan fingerprint density at radius 3 is 2.11 bits per heavy atom. The lowest BCUT2D eigenvalue weighted by Gasteiger charge is -2.30. The van der Waals surface area contributed by atoms with Crippen molar-refractivity contribution in [2.24, 2.45) is 5.73 Å². The van der Waals surface area contributed by atoms with E-state index in [1.807, 2.05) is 0 Å². The Morgan fingerprint density at radius 2 is 1.78 bits per heavy atom. The van der Waals surface area contributed by atoms with Crippen LogP contribution in [0, 0.1) is 0 Å². The molecule has 18 heavy (non-hydrogen) atoms. The summed E-state index contributed by atoms with van der Waals surface area (Å²) < 4.78 is 37.4. The van der Waals surface area contributed by atoms with E-state index in [0.29, 0.717) is 11.3 Å². The summed E-state index contributed by atoms with van der Waals surface area (Å²) in [6.45, 7) is 2.46. The summed E-state index contributed by atoms with van der Waals surface area (Å²) >= 11 is 4.79. The van der Waals surface area contributed by atoms with Crippen LogP contribution in [-0.2, 0) is 0 Å². The molecule has 2 nitrogen and oxygen atoms in total. The van der Waals surface area contributed by atoms with Gasteiger partial charge in [-0.1, -0.05) is 12.2 Å². The molecule has 100 valence electrons. The first-order valence-corrected chi connectivity index (χ1v) is 5.85. The van der Waals surface area contributed by atoms with Crippen LogP contribution in [0.5, 0.6) is 0 Å². The SMILES string of the molecule is CC(C)N(CC(F)(F)F)c1ccc(C(N)=S)cc1. The second-order valence-corrected chi connectivity index (χ2v) is 4.69. The quantitative estimate of drug-likeness (QED) is 0.857. The first kappa shape index (κ1) is 14.8. The molecule has 0 saturated carbocycles. The van der Waals surface area contributed by atoms with Crippen LogP contribution in [0.1, 0.15) is 19.4 Å². The lowest BCUT2D eigenvalue weighted by Crippen LogP contribution is -2.39. The van der Waals surface area contributed by atoms with E-state index in [9.17, 15) is 13.2 Å². The molecule has 6 heteroatoms. The lowest BCUT2D eigenvalue weighted by molar-refractivity contribution is -0.120. The Kier molecular flexibility index (Phi) is 4.56. The van der Waals surface area contributed by atoms with Gasteiger partial charge in [0.15, 0.2) is 0 Å². The Morgan fingerprint density at radius 1 is 1.28 bits per heavy atom. The van der Waals surface area contributed by atoms with Gasteiger partial charge in [0, 0.05) is 17.3 Å². The summed E-state index contributed by atoms with van der Waals surface area (Å²) in [5.74, 6) is 0. The number of nitrogens with two attached hydrogens (primary N) is 1. The van der Waals surface area contributed by atoms with Gasteiger partial charge in [-0.25, -0.2) is 0 Å². The molecule has 0 aliphatic rings. The smallest absolute Gasteiger partial charge is 0.389 e. The van der Waals surface area contributed by atoms with Gasteiger partial charge in [-0.05, 0) is 38.1 Å². The molecule has 0 heterocycles. The minimum atomic E-state index is -4.23. The maximum Gasteiger partial charge on any atom is 0.405 e. The molecule has 0 unspecified atom stereocenters. The number of halogens is 3. The zero-order valence-corrected chi connectivity index (χ0v) is 11.0. The van der Waals surface area contributed by atoms with Gasteiger partial charge in [-0.15, -0.1) is 0 Å². The van der Waals surface area contributed by atoms with Crippen molar-refractivity contribution in [3.05, 3.63) is 29.8 Å². The summed E-state index contributed by atoms with van der Waals surface area (Å²) in [5.41, 5.74) is 6.58. The van der Waals surface area contributed by atoms with Gasteiger partial charge >= 0.3 is 6.18 Å². The van der Waals surface area contributed by atoms with Gasteiger partial charge < -0.3 is 10.6 Å². The van der Waals surface area contributed by atoms with Gasteiger partial charge in [0.25, 0.3) is 0 Å². The standard InChI is InChI=1S/C12H15F3N2S/c1-8(2)17(7-12(13,14)15)10-5-3-9(4-6-10)11(16)18/h3-6,8H,7H2,1-2H3,(H2,16,18). The van der Waals surface area contributed by atoms with Crippen molar-refractivity contribution >= 4 is 22.9 Å². The topological polar surface area (TPSA) is 29.3 Å². The maximum absolute atomic E-state index is 12.5. The molecule has 0 atom stereocenters. The van der Waals surface area contributed by atoms with Crippen LogP contribution in [0.25, 0.3) is 0 Å². The molecule has 0 amide bonds. The number of nitrogens with zero attached hydrogens (tertiary/aromatic N) is 1. The fourth-order valence-electron chi connectivity index (χ4n) is 1.58. The van der Waals surface area contributed by atoms with E-state index in [1.165, 1.54) is 4.90 Å². The minimum absolute atomic E-state index is 0.230. The summed E-state index contributed by atoms with van der Waals surface area (Å²) in [6.07, 6.45) is -4.23. The normalized spacial score (nSPS) is 11.7. The van der Waals surface area contributed by atoms with Crippen molar-refractivity contribution in [2.45, 2.75) is 26.1 Å². The fraction of sp³-hybridized carbons (Fsp3) is 0.417. The average Bonchev–Trinajstić information content (AvgIpc) is 2.24. The van der Waals surface area contributed by atoms with Gasteiger partial charge in [0.05, 0.1) is 0 Å². The first-order valence-electron chi connectivity index (χ1n) is 5.44. The number of alkyl halides is 3. The van der Waals surface area contributed by atoms with Gasteiger partial charge in [-0.3, -0.25) is 0 Å². The molecule has 0 spiro atoms. The number of hydrogen-bond donors (Lipinski definition) is 1. The molecular weight excluding hydrogens is 261 g/mol. The van der Waals surface area contributed by atoms with Crippen LogP contribution in [0.2, 0.25) is 0 Å². The zero-order chi connectivity index (χ0) is 13.9. The third-order valence-corrected chi connectivity index (χ3v) is 2.69. The van der Waals surface area contributed by atoms with Crippen LogP contribution in [-0.4, -0.2) is 23.8 Å². The number of hydrogen-bond acceptors (Lipinski definition) is 2. The predicted octanol–water partition coefficient (Wildman–Crippen LogP) is 3.10. The minimum Gasteiger partial charge on any atom is -0.389 e. The summed E-state index contributed by atoms with van der Waals surface area (Å²) in [4.78, 5) is 1.51. The van der Waals surface area contributed by atoms with E-state index in [2.05, 4.69) is 0 Å². The molecule has 0 aromatic heterocycles. The van der Waals surface area contributed by atoms with E-state index in [-0.39, 0.29) is 11.0 Å². The predicted molar refractivity (Wildman–Crippen MR) is 70.9 cm³/mol. The van der Waals surface area contributed by atoms with Crippen LogP contribution in [0.3, 0.4) is 0 Å². The Bertz CT molecular complexity index is 412. The molecule has 0 radical (unpaired) electrons. The van der Waals surface area contributed by atoms with Crippen molar-refractivity contribution in [3.63, 3.8) is 0 Å². The van der Waals surface area contributed by atoms with E-state index in [0.717, 1.165) is 0 Å². The van der Waals surface area contributed by atoms with E-state index in [4.69, 9.17) is 18.0 Å². The highest BCUT2D eigenvalue weighted by molar-refractivity contribution is 7.80. The number of thiocarbonyl (C=S) groups is 1. The van der Waals surface area contributed by atoms with Gasteiger partial charge in [-0.2, -0.15) is 13.2 Å². The Balaban J connectivity index is 2.96. The second kappa shape index (κ2) is 5.56. The van der Waals surface area contributed by atoms with Crippen molar-refractivity contribution < 1.29 is 13.2 Å². The van der Waals surface area contributed by atoms with Crippen LogP contribution in [0.15, 0.2) is 24.3 Å². The largest absolute Gasteiger partial charge is 0.405 e. The van der Waals surface area contributed by atoms with E-state index < -0.39 is 12.7 Å². The molecule has 1 rings (SSSR count). The van der Waals surface area contributed by atoms with Crippen LogP contribution < -0.4 is 10.6 Å². The van der Waals surface area contributed by atoms with Crippen LogP contribution in [0.4, 0.5) is 18.9 Å². The number of benzene rings is 1. The second-order valence-electron chi connectivity index (χ2n) is 4.25. The summed E-state index contributed by atoms with van der Waals surface area (Å²) in [7, 11) is 0. The highest BCUT2D eigenvalue weighted by atomic mass is 32.1. The highest BCUT2D eigenvalue weighted by Gasteiger charge is 2.31. The number of anilines is 1. The molecule has 2 N–H and O–H groups in total. The summed E-state index contributed by atoms with van der Waals surface area (Å²) in [5, 5.41) is 0. The third kappa shape index (κ3) is 4.18. The van der Waals surface area contributed by atoms with Crippen molar-refractivity contribution in [1.82, 2.24) is 0 Å². The molecule has 0 bridgehead atoms. The average molecular weight is 276 g/mol. The van der Waals surface area contributed by atoms with Crippen molar-refractivity contribution in [3.8, 4) is 0 Å². The van der Waals surface area contributed by atoms with Crippen molar-refractivity contribution in [2.75, 3.05) is 11.4 Å².